The summed E-state index contributed by atoms with van der Waals surface area (Å²) in [4.78, 5) is 11.6. The zero-order valence-corrected chi connectivity index (χ0v) is 10.7. The van der Waals surface area contributed by atoms with Crippen molar-refractivity contribution in [3.8, 4) is 0 Å². The second-order valence-electron chi connectivity index (χ2n) is 5.23. The summed E-state index contributed by atoms with van der Waals surface area (Å²) in [6.45, 7) is 0. The molecule has 3 nitrogen and oxygen atoms in total. The standard InChI is InChI=1S/C11H17F3N2O.ClH/c12-11(13,14)7-2-1-3-8(6-7)16-9(17)10(15)4-5-10;/h7-8H,1-6,15H2,(H,16,17);1H. The molecule has 0 aromatic carbocycles. The molecule has 106 valence electrons. The van der Waals surface area contributed by atoms with Crippen LogP contribution in [0.2, 0.25) is 0 Å². The number of amides is 1. The van der Waals surface area contributed by atoms with E-state index in [4.69, 9.17) is 5.73 Å². The molecule has 1 amide bonds. The molecule has 2 unspecified atom stereocenters. The van der Waals surface area contributed by atoms with Gasteiger partial charge in [-0.05, 0) is 32.1 Å². The fraction of sp³-hybridized carbons (Fsp3) is 0.909. The van der Waals surface area contributed by atoms with E-state index in [1.165, 1.54) is 0 Å². The van der Waals surface area contributed by atoms with Crippen molar-refractivity contribution in [2.75, 3.05) is 0 Å². The maximum Gasteiger partial charge on any atom is 0.391 e. The van der Waals surface area contributed by atoms with Gasteiger partial charge in [0.15, 0.2) is 0 Å². The maximum atomic E-state index is 12.6. The number of carbonyl (C=O) groups excluding carboxylic acids is 1. The van der Waals surface area contributed by atoms with E-state index in [0.717, 1.165) is 0 Å². The average molecular weight is 287 g/mol. The number of alkyl halides is 3. The van der Waals surface area contributed by atoms with Crippen LogP contribution in [0.1, 0.15) is 38.5 Å². The van der Waals surface area contributed by atoms with Crippen molar-refractivity contribution in [3.05, 3.63) is 0 Å². The van der Waals surface area contributed by atoms with Gasteiger partial charge in [0.25, 0.3) is 0 Å². The van der Waals surface area contributed by atoms with E-state index >= 15 is 0 Å². The van der Waals surface area contributed by atoms with Crippen LogP contribution < -0.4 is 11.1 Å². The van der Waals surface area contributed by atoms with Crippen LogP contribution in [0.5, 0.6) is 0 Å². The van der Waals surface area contributed by atoms with Crippen LogP contribution in [0.15, 0.2) is 0 Å². The monoisotopic (exact) mass is 286 g/mol. The lowest BCUT2D eigenvalue weighted by molar-refractivity contribution is -0.184. The lowest BCUT2D eigenvalue weighted by atomic mass is 9.85. The molecule has 0 bridgehead atoms. The third-order valence-electron chi connectivity index (χ3n) is 3.71. The smallest absolute Gasteiger partial charge is 0.352 e. The molecule has 2 rings (SSSR count). The molecule has 7 heteroatoms. The second-order valence-corrected chi connectivity index (χ2v) is 5.23. The summed E-state index contributed by atoms with van der Waals surface area (Å²) >= 11 is 0. The molecule has 0 radical (unpaired) electrons. The van der Waals surface area contributed by atoms with Crippen LogP contribution >= 0.6 is 12.4 Å². The van der Waals surface area contributed by atoms with Crippen molar-refractivity contribution in [2.24, 2.45) is 11.7 Å². The second kappa shape index (κ2) is 5.25. The summed E-state index contributed by atoms with van der Waals surface area (Å²) < 4.78 is 37.7. The van der Waals surface area contributed by atoms with Gasteiger partial charge in [-0.25, -0.2) is 0 Å². The Kier molecular flexibility index (Phi) is 4.54. The highest BCUT2D eigenvalue weighted by molar-refractivity contribution is 5.89. The Labute approximate surface area is 110 Å². The number of hydrogen-bond donors (Lipinski definition) is 2. The minimum Gasteiger partial charge on any atom is -0.352 e. The highest BCUT2D eigenvalue weighted by Gasteiger charge is 2.48. The van der Waals surface area contributed by atoms with Crippen LogP contribution in [-0.2, 0) is 4.79 Å². The van der Waals surface area contributed by atoms with Crippen LogP contribution in [0.3, 0.4) is 0 Å². The molecular weight excluding hydrogens is 269 g/mol. The van der Waals surface area contributed by atoms with Crippen LogP contribution in [0, 0.1) is 5.92 Å². The number of hydrogen-bond acceptors (Lipinski definition) is 2. The molecule has 2 atom stereocenters. The molecule has 2 aliphatic rings. The molecule has 0 saturated heterocycles. The lowest BCUT2D eigenvalue weighted by Gasteiger charge is -2.31. The Bertz CT molecular complexity index is 318. The lowest BCUT2D eigenvalue weighted by Crippen LogP contribution is -2.49. The molecule has 18 heavy (non-hydrogen) atoms. The SMILES string of the molecule is Cl.NC1(C(=O)NC2CCCC(C(F)(F)F)C2)CC1. The molecule has 2 saturated carbocycles. The van der Waals surface area contributed by atoms with Crippen molar-refractivity contribution in [1.29, 1.82) is 0 Å². The first-order chi connectivity index (χ1) is 7.81. The number of halogens is 4. The van der Waals surface area contributed by atoms with Crippen molar-refractivity contribution in [2.45, 2.75) is 56.3 Å². The maximum absolute atomic E-state index is 12.6. The fourth-order valence-corrected chi connectivity index (χ4v) is 2.31. The number of rotatable bonds is 2. The van der Waals surface area contributed by atoms with Gasteiger partial charge in [-0.2, -0.15) is 13.2 Å². The molecule has 0 aromatic rings. The zero-order chi connectivity index (χ0) is 12.7. The number of carbonyl (C=O) groups is 1. The van der Waals surface area contributed by atoms with E-state index < -0.39 is 17.6 Å². The highest BCUT2D eigenvalue weighted by atomic mass is 35.5. The van der Waals surface area contributed by atoms with Gasteiger partial charge in [-0.3, -0.25) is 4.79 Å². The third kappa shape index (κ3) is 3.51. The van der Waals surface area contributed by atoms with Gasteiger partial charge >= 0.3 is 6.18 Å². The Morgan fingerprint density at radius 1 is 1.28 bits per heavy atom. The van der Waals surface area contributed by atoms with Gasteiger partial charge in [0.2, 0.25) is 5.91 Å². The summed E-state index contributed by atoms with van der Waals surface area (Å²) in [5.41, 5.74) is 4.89. The van der Waals surface area contributed by atoms with Gasteiger partial charge in [0, 0.05) is 6.04 Å². The largest absolute Gasteiger partial charge is 0.391 e. The molecule has 2 fully saturated rings. The summed E-state index contributed by atoms with van der Waals surface area (Å²) in [6, 6.07) is -0.371. The first-order valence-corrected chi connectivity index (χ1v) is 5.98. The number of nitrogens with one attached hydrogen (secondary N) is 1. The summed E-state index contributed by atoms with van der Waals surface area (Å²) in [7, 11) is 0. The molecule has 0 heterocycles. The quantitative estimate of drug-likeness (QED) is 0.817. The summed E-state index contributed by atoms with van der Waals surface area (Å²) in [5.74, 6) is -1.57. The molecule has 2 aliphatic carbocycles. The minimum atomic E-state index is -4.15. The predicted molar refractivity (Wildman–Crippen MR) is 63.3 cm³/mol. The molecule has 0 aromatic heterocycles. The Balaban J connectivity index is 0.00000162. The van der Waals surface area contributed by atoms with Gasteiger partial charge < -0.3 is 11.1 Å². The van der Waals surface area contributed by atoms with E-state index in [2.05, 4.69) is 5.32 Å². The Hall–Kier alpha value is -0.490. The van der Waals surface area contributed by atoms with Crippen LogP contribution in [0.25, 0.3) is 0 Å². The molecule has 0 aliphatic heterocycles. The molecular formula is C11H18ClF3N2O. The zero-order valence-electron chi connectivity index (χ0n) is 9.93. The van der Waals surface area contributed by atoms with Gasteiger partial charge in [-0.15, -0.1) is 12.4 Å². The van der Waals surface area contributed by atoms with Crippen molar-refractivity contribution < 1.29 is 18.0 Å². The normalized spacial score (nSPS) is 30.2. The number of nitrogens with two attached hydrogens (primary N) is 1. The van der Waals surface area contributed by atoms with Crippen molar-refractivity contribution in [1.82, 2.24) is 5.32 Å². The highest BCUT2D eigenvalue weighted by Crippen LogP contribution is 2.38. The van der Waals surface area contributed by atoms with Crippen LogP contribution in [-0.4, -0.2) is 23.7 Å². The van der Waals surface area contributed by atoms with Crippen molar-refractivity contribution in [3.63, 3.8) is 0 Å². The molecule has 3 N–H and O–H groups in total. The summed E-state index contributed by atoms with van der Waals surface area (Å²) in [6.07, 6.45) is -1.60. The first kappa shape index (κ1) is 15.6. The van der Waals surface area contributed by atoms with Crippen LogP contribution in [0.4, 0.5) is 13.2 Å². The van der Waals surface area contributed by atoms with Gasteiger partial charge in [-0.1, -0.05) is 6.42 Å². The summed E-state index contributed by atoms with van der Waals surface area (Å²) in [5, 5.41) is 2.66. The third-order valence-corrected chi connectivity index (χ3v) is 3.71. The van der Waals surface area contributed by atoms with E-state index in [0.29, 0.717) is 25.7 Å². The Morgan fingerprint density at radius 3 is 2.39 bits per heavy atom. The predicted octanol–water partition coefficient (Wildman–Crippen LogP) is 2.14. The van der Waals surface area contributed by atoms with E-state index in [1.54, 1.807) is 0 Å². The minimum absolute atomic E-state index is 0. The first-order valence-electron chi connectivity index (χ1n) is 5.98. The Morgan fingerprint density at radius 2 is 1.89 bits per heavy atom. The fourth-order valence-electron chi connectivity index (χ4n) is 2.31. The van der Waals surface area contributed by atoms with E-state index in [1.807, 2.05) is 0 Å². The average Bonchev–Trinajstić information content (AvgIpc) is 2.97. The van der Waals surface area contributed by atoms with E-state index in [-0.39, 0.29) is 37.2 Å². The van der Waals surface area contributed by atoms with Crippen molar-refractivity contribution >= 4 is 18.3 Å². The van der Waals surface area contributed by atoms with Gasteiger partial charge in [0.1, 0.15) is 0 Å². The topological polar surface area (TPSA) is 55.1 Å². The molecule has 0 spiro atoms. The van der Waals surface area contributed by atoms with E-state index in [9.17, 15) is 18.0 Å². The van der Waals surface area contributed by atoms with Gasteiger partial charge in [0.05, 0.1) is 11.5 Å².